The number of nitrogens with one attached hydrogen (secondary N) is 4. The van der Waals surface area contributed by atoms with Crippen LogP contribution < -0.4 is 26.2 Å². The summed E-state index contributed by atoms with van der Waals surface area (Å²) in [6, 6.07) is 7.46. The Morgan fingerprint density at radius 1 is 1.15 bits per heavy atom. The normalized spacial score (nSPS) is 29.6. The molecule has 2 aromatic rings. The van der Waals surface area contributed by atoms with Crippen molar-refractivity contribution in [2.75, 3.05) is 24.4 Å². The molecule has 3 fully saturated rings. The number of fused-ring (bicyclic) bond motifs is 2. The molecule has 5 rings (SSSR count). The number of hydrazine groups is 1. The third-order valence-corrected chi connectivity index (χ3v) is 6.98. The largest absolute Gasteiger partial charge is 0.481 e. The van der Waals surface area contributed by atoms with Crippen molar-refractivity contribution in [1.82, 2.24) is 30.7 Å². The van der Waals surface area contributed by atoms with Crippen molar-refractivity contribution < 1.29 is 9.84 Å². The average molecular weight is 455 g/mol. The molecule has 33 heavy (non-hydrogen) atoms. The number of aromatic nitrogens is 3. The van der Waals surface area contributed by atoms with Gasteiger partial charge in [-0.1, -0.05) is 12.5 Å². The molecule has 5 N–H and O–H groups in total. The number of nitrogens with zero attached hydrogens (tertiary/aromatic N) is 4. The molecular formula is C23H34N8O2. The molecule has 3 unspecified atom stereocenters. The Kier molecular flexibility index (Phi) is 6.86. The molecule has 3 aliphatic rings. The van der Waals surface area contributed by atoms with Gasteiger partial charge < -0.3 is 20.5 Å². The van der Waals surface area contributed by atoms with Gasteiger partial charge in [-0.25, -0.2) is 5.43 Å². The number of piperidine rings is 2. The Balaban J connectivity index is 1.25. The second kappa shape index (κ2) is 10.2. The SMILES string of the molecule is COc1cc(NC2CC(CO)NN2)nc(NC2C[C@H]3CCC[C@@H](C2)N3Cc2cccnc2)n1. The molecule has 0 saturated carbocycles. The Hall–Kier alpha value is -2.53. The molecule has 0 aromatic carbocycles. The molecular weight excluding hydrogens is 420 g/mol. The Morgan fingerprint density at radius 3 is 2.70 bits per heavy atom. The lowest BCUT2D eigenvalue weighted by molar-refractivity contribution is 0.0276. The molecule has 10 heteroatoms. The fraction of sp³-hybridized carbons (Fsp3) is 0.609. The lowest BCUT2D eigenvalue weighted by Crippen LogP contribution is -2.54. The minimum atomic E-state index is -0.0234. The first-order valence-corrected chi connectivity index (χ1v) is 11.9. The van der Waals surface area contributed by atoms with Crippen LogP contribution in [0.15, 0.2) is 30.6 Å². The van der Waals surface area contributed by atoms with Gasteiger partial charge in [0.25, 0.3) is 0 Å². The van der Waals surface area contributed by atoms with Gasteiger partial charge in [0, 0.05) is 55.6 Å². The number of rotatable bonds is 8. The van der Waals surface area contributed by atoms with E-state index in [1.165, 1.54) is 24.8 Å². The molecule has 2 bridgehead atoms. The summed E-state index contributed by atoms with van der Waals surface area (Å²) in [6.07, 6.45) is 10.5. The van der Waals surface area contributed by atoms with Gasteiger partial charge in [-0.3, -0.25) is 15.3 Å². The smallest absolute Gasteiger partial charge is 0.228 e. The van der Waals surface area contributed by atoms with E-state index in [-0.39, 0.29) is 18.8 Å². The van der Waals surface area contributed by atoms with E-state index in [1.54, 1.807) is 13.2 Å². The van der Waals surface area contributed by atoms with Gasteiger partial charge in [0.2, 0.25) is 11.8 Å². The van der Waals surface area contributed by atoms with E-state index >= 15 is 0 Å². The van der Waals surface area contributed by atoms with E-state index in [2.05, 4.69) is 42.4 Å². The predicted molar refractivity (Wildman–Crippen MR) is 126 cm³/mol. The van der Waals surface area contributed by atoms with Crippen LogP contribution in [0.4, 0.5) is 11.8 Å². The van der Waals surface area contributed by atoms with Crippen LogP contribution in [-0.2, 0) is 6.54 Å². The number of ether oxygens (including phenoxy) is 1. The van der Waals surface area contributed by atoms with Crippen LogP contribution in [-0.4, -0.2) is 69.0 Å². The Morgan fingerprint density at radius 2 is 2.00 bits per heavy atom. The molecule has 0 radical (unpaired) electrons. The number of anilines is 2. The van der Waals surface area contributed by atoms with Crippen LogP contribution >= 0.6 is 0 Å². The molecule has 2 aromatic heterocycles. The van der Waals surface area contributed by atoms with Gasteiger partial charge in [-0.15, -0.1) is 0 Å². The van der Waals surface area contributed by atoms with Gasteiger partial charge in [-0.05, 0) is 37.3 Å². The highest BCUT2D eigenvalue weighted by Gasteiger charge is 2.38. The number of hydrogen-bond acceptors (Lipinski definition) is 10. The second-order valence-corrected chi connectivity index (χ2v) is 9.30. The first-order valence-electron chi connectivity index (χ1n) is 11.9. The van der Waals surface area contributed by atoms with Crippen LogP contribution in [0, 0.1) is 0 Å². The number of hydrogen-bond donors (Lipinski definition) is 5. The molecule has 178 valence electrons. The first kappa shape index (κ1) is 22.3. The van der Waals surface area contributed by atoms with Crippen LogP contribution in [0.25, 0.3) is 0 Å². The fourth-order valence-electron chi connectivity index (χ4n) is 5.42. The minimum Gasteiger partial charge on any atom is -0.481 e. The molecule has 5 atom stereocenters. The quantitative estimate of drug-likeness (QED) is 0.401. The summed E-state index contributed by atoms with van der Waals surface area (Å²) in [6.45, 7) is 1.06. The van der Waals surface area contributed by atoms with E-state index in [0.29, 0.717) is 35.8 Å². The summed E-state index contributed by atoms with van der Waals surface area (Å²) in [5.74, 6) is 1.80. The molecule has 5 heterocycles. The van der Waals surface area contributed by atoms with E-state index in [4.69, 9.17) is 9.72 Å². The number of aliphatic hydroxyl groups is 1. The molecule has 3 saturated heterocycles. The number of aliphatic hydroxyl groups excluding tert-OH is 1. The molecule has 0 aliphatic carbocycles. The van der Waals surface area contributed by atoms with Crippen LogP contribution in [0.3, 0.4) is 0 Å². The van der Waals surface area contributed by atoms with Crippen molar-refractivity contribution in [3.63, 3.8) is 0 Å². The summed E-state index contributed by atoms with van der Waals surface area (Å²) < 4.78 is 5.43. The standard InChI is InChI=1S/C23H34N8O2/c1-33-22-11-20(26-21-10-17(14-32)29-30-21)27-23(28-22)25-16-8-18-5-2-6-19(9-16)31(18)13-15-4-3-7-24-12-15/h3-4,7,11-12,16-19,21,29-30,32H,2,5-6,8-10,13-14H2,1H3,(H2,25,26,27,28)/t16?,17?,18-,19+,21?. The van der Waals surface area contributed by atoms with Crippen molar-refractivity contribution in [2.45, 2.75) is 75.4 Å². The first-order chi connectivity index (χ1) is 16.2. The molecule has 0 spiro atoms. The van der Waals surface area contributed by atoms with Crippen molar-refractivity contribution in [3.05, 3.63) is 36.2 Å². The molecule has 10 nitrogen and oxygen atoms in total. The highest BCUT2D eigenvalue weighted by molar-refractivity contribution is 5.45. The van der Waals surface area contributed by atoms with Crippen molar-refractivity contribution in [2.24, 2.45) is 0 Å². The van der Waals surface area contributed by atoms with Gasteiger partial charge in [0.05, 0.1) is 19.9 Å². The average Bonchev–Trinajstić information content (AvgIpc) is 3.27. The second-order valence-electron chi connectivity index (χ2n) is 9.30. The minimum absolute atomic E-state index is 0.0234. The lowest BCUT2D eigenvalue weighted by atomic mass is 9.81. The topological polar surface area (TPSA) is 119 Å². The zero-order chi connectivity index (χ0) is 22.6. The van der Waals surface area contributed by atoms with E-state index < -0.39 is 0 Å². The molecule has 0 amide bonds. The number of methoxy groups -OCH3 is 1. The zero-order valence-corrected chi connectivity index (χ0v) is 19.1. The van der Waals surface area contributed by atoms with E-state index in [9.17, 15) is 5.11 Å². The van der Waals surface area contributed by atoms with Gasteiger partial charge >= 0.3 is 0 Å². The fourth-order valence-corrected chi connectivity index (χ4v) is 5.42. The highest BCUT2D eigenvalue weighted by Crippen LogP contribution is 2.36. The Labute approximate surface area is 194 Å². The maximum Gasteiger partial charge on any atom is 0.228 e. The van der Waals surface area contributed by atoms with Crippen LogP contribution in [0.5, 0.6) is 5.88 Å². The highest BCUT2D eigenvalue weighted by atomic mass is 16.5. The van der Waals surface area contributed by atoms with Gasteiger partial charge in [0.1, 0.15) is 5.82 Å². The molecule has 3 aliphatic heterocycles. The van der Waals surface area contributed by atoms with Gasteiger partial charge in [-0.2, -0.15) is 9.97 Å². The van der Waals surface area contributed by atoms with Crippen LogP contribution in [0.1, 0.15) is 44.1 Å². The third-order valence-electron chi connectivity index (χ3n) is 6.98. The summed E-state index contributed by atoms with van der Waals surface area (Å²) in [5, 5.41) is 16.3. The van der Waals surface area contributed by atoms with E-state index in [0.717, 1.165) is 25.8 Å². The van der Waals surface area contributed by atoms with Crippen LogP contribution in [0.2, 0.25) is 0 Å². The van der Waals surface area contributed by atoms with Crippen molar-refractivity contribution in [1.29, 1.82) is 0 Å². The zero-order valence-electron chi connectivity index (χ0n) is 19.1. The van der Waals surface area contributed by atoms with Gasteiger partial charge in [0.15, 0.2) is 0 Å². The Bertz CT molecular complexity index is 903. The summed E-state index contributed by atoms with van der Waals surface area (Å²) in [5.41, 5.74) is 7.49. The monoisotopic (exact) mass is 454 g/mol. The summed E-state index contributed by atoms with van der Waals surface area (Å²) >= 11 is 0. The predicted octanol–water partition coefficient (Wildman–Crippen LogP) is 1.47. The maximum atomic E-state index is 9.34. The summed E-state index contributed by atoms with van der Waals surface area (Å²) in [4.78, 5) is 16.2. The lowest BCUT2D eigenvalue weighted by Gasteiger charge is -2.49. The third kappa shape index (κ3) is 5.35. The van der Waals surface area contributed by atoms with Crippen molar-refractivity contribution >= 4 is 11.8 Å². The van der Waals surface area contributed by atoms with Crippen molar-refractivity contribution in [3.8, 4) is 5.88 Å². The van der Waals surface area contributed by atoms with E-state index in [1.807, 2.05) is 18.5 Å². The maximum absolute atomic E-state index is 9.34. The number of pyridine rings is 1. The summed E-state index contributed by atoms with van der Waals surface area (Å²) in [7, 11) is 1.62.